The highest BCUT2D eigenvalue weighted by atomic mass is 79.9. The molecule has 12 heavy (non-hydrogen) atoms. The number of nitrogens with zero attached hydrogens (tertiary/aromatic N) is 1. The topological polar surface area (TPSA) is 28.7 Å². The minimum atomic E-state index is 0.900. The summed E-state index contributed by atoms with van der Waals surface area (Å²) in [7, 11) is 0. The number of aromatic nitrogens is 2. The number of nitrogens with one attached hydrogen (secondary N) is 1. The minimum Gasteiger partial charge on any atom is -0.277 e. The summed E-state index contributed by atoms with van der Waals surface area (Å²) >= 11 is 3.39. The molecule has 0 aliphatic carbocycles. The van der Waals surface area contributed by atoms with Crippen molar-refractivity contribution in [1.29, 1.82) is 0 Å². The predicted molar refractivity (Wildman–Crippen MR) is 53.9 cm³/mol. The van der Waals surface area contributed by atoms with E-state index in [1.54, 1.807) is 6.08 Å². The van der Waals surface area contributed by atoms with Gasteiger partial charge >= 0.3 is 0 Å². The zero-order valence-electron chi connectivity index (χ0n) is 6.34. The van der Waals surface area contributed by atoms with Crippen LogP contribution in [0.2, 0.25) is 0 Å². The van der Waals surface area contributed by atoms with Crippen molar-refractivity contribution in [2.75, 3.05) is 0 Å². The molecule has 60 valence electrons. The molecule has 0 amide bonds. The highest BCUT2D eigenvalue weighted by Crippen LogP contribution is 2.20. The summed E-state index contributed by atoms with van der Waals surface area (Å²) in [6.07, 6.45) is 1.74. The SMILES string of the molecule is C=Cc1n[nH]c2cc(Br)ccc12. The molecule has 1 aromatic heterocycles. The Balaban J connectivity index is 2.81. The van der Waals surface area contributed by atoms with Gasteiger partial charge in [0.1, 0.15) is 0 Å². The van der Waals surface area contributed by atoms with Gasteiger partial charge in [0.05, 0.1) is 11.2 Å². The van der Waals surface area contributed by atoms with Crippen molar-refractivity contribution in [2.45, 2.75) is 0 Å². The Kier molecular flexibility index (Phi) is 1.73. The molecule has 0 bridgehead atoms. The summed E-state index contributed by atoms with van der Waals surface area (Å²) in [6.45, 7) is 3.68. The third kappa shape index (κ3) is 1.06. The van der Waals surface area contributed by atoms with Gasteiger partial charge in [-0.2, -0.15) is 5.10 Å². The fraction of sp³-hybridized carbons (Fsp3) is 0. The number of hydrogen-bond donors (Lipinski definition) is 1. The molecule has 0 spiro atoms. The van der Waals surface area contributed by atoms with Crippen LogP contribution in [0.1, 0.15) is 5.69 Å². The molecule has 1 aromatic carbocycles. The molecule has 0 saturated carbocycles. The Morgan fingerprint density at radius 1 is 1.50 bits per heavy atom. The molecule has 0 aliphatic rings. The van der Waals surface area contributed by atoms with Gasteiger partial charge in [-0.1, -0.05) is 22.5 Å². The van der Waals surface area contributed by atoms with E-state index in [2.05, 4.69) is 32.7 Å². The number of halogens is 1. The summed E-state index contributed by atoms with van der Waals surface area (Å²) in [6, 6.07) is 6.00. The van der Waals surface area contributed by atoms with E-state index >= 15 is 0 Å². The summed E-state index contributed by atoms with van der Waals surface area (Å²) < 4.78 is 1.05. The fourth-order valence-electron chi connectivity index (χ4n) is 1.17. The standard InChI is InChI=1S/C9H7BrN2/c1-2-8-7-4-3-6(10)5-9(7)12-11-8/h2-5H,1H2,(H,11,12). The van der Waals surface area contributed by atoms with E-state index in [-0.39, 0.29) is 0 Å². The van der Waals surface area contributed by atoms with Crippen LogP contribution in [0.5, 0.6) is 0 Å². The van der Waals surface area contributed by atoms with Crippen molar-refractivity contribution >= 4 is 32.9 Å². The van der Waals surface area contributed by atoms with Crippen LogP contribution in [0, 0.1) is 0 Å². The number of aromatic amines is 1. The van der Waals surface area contributed by atoms with E-state index in [1.807, 2.05) is 18.2 Å². The quantitative estimate of drug-likeness (QED) is 0.790. The van der Waals surface area contributed by atoms with E-state index in [0.29, 0.717) is 0 Å². The smallest absolute Gasteiger partial charge is 0.0921 e. The first-order valence-corrected chi connectivity index (χ1v) is 4.36. The van der Waals surface area contributed by atoms with Crippen molar-refractivity contribution in [3.8, 4) is 0 Å². The van der Waals surface area contributed by atoms with Gasteiger partial charge in [0, 0.05) is 9.86 Å². The van der Waals surface area contributed by atoms with E-state index in [1.165, 1.54) is 0 Å². The van der Waals surface area contributed by atoms with Gasteiger partial charge < -0.3 is 0 Å². The van der Waals surface area contributed by atoms with Crippen molar-refractivity contribution in [1.82, 2.24) is 10.2 Å². The maximum atomic E-state index is 4.09. The summed E-state index contributed by atoms with van der Waals surface area (Å²) in [5.74, 6) is 0. The Morgan fingerprint density at radius 3 is 3.08 bits per heavy atom. The van der Waals surface area contributed by atoms with Crippen LogP contribution in [-0.2, 0) is 0 Å². The van der Waals surface area contributed by atoms with Gasteiger partial charge in [0.15, 0.2) is 0 Å². The number of H-pyrrole nitrogens is 1. The monoisotopic (exact) mass is 222 g/mol. The lowest BCUT2D eigenvalue weighted by Gasteiger charge is -1.90. The first kappa shape index (κ1) is 7.55. The van der Waals surface area contributed by atoms with Crippen LogP contribution >= 0.6 is 15.9 Å². The van der Waals surface area contributed by atoms with E-state index < -0.39 is 0 Å². The molecule has 1 heterocycles. The van der Waals surface area contributed by atoms with Gasteiger partial charge in [-0.05, 0) is 24.3 Å². The van der Waals surface area contributed by atoms with E-state index in [0.717, 1.165) is 21.1 Å². The molecule has 0 aliphatic heterocycles. The van der Waals surface area contributed by atoms with Crippen molar-refractivity contribution in [3.63, 3.8) is 0 Å². The number of hydrogen-bond acceptors (Lipinski definition) is 1. The Morgan fingerprint density at radius 2 is 2.33 bits per heavy atom. The van der Waals surface area contributed by atoms with Crippen molar-refractivity contribution in [3.05, 3.63) is 34.9 Å². The molecule has 0 fully saturated rings. The fourth-order valence-corrected chi connectivity index (χ4v) is 1.53. The normalized spacial score (nSPS) is 10.4. The molecular formula is C9H7BrN2. The second-order valence-corrected chi connectivity index (χ2v) is 3.42. The maximum Gasteiger partial charge on any atom is 0.0921 e. The first-order chi connectivity index (χ1) is 5.81. The highest BCUT2D eigenvalue weighted by Gasteiger charge is 2.00. The molecule has 2 nitrogen and oxygen atoms in total. The van der Waals surface area contributed by atoms with Gasteiger partial charge in [-0.25, -0.2) is 0 Å². The zero-order chi connectivity index (χ0) is 8.55. The largest absolute Gasteiger partial charge is 0.277 e. The molecule has 2 rings (SSSR count). The number of rotatable bonds is 1. The molecule has 0 atom stereocenters. The second-order valence-electron chi connectivity index (χ2n) is 2.50. The zero-order valence-corrected chi connectivity index (χ0v) is 7.93. The highest BCUT2D eigenvalue weighted by molar-refractivity contribution is 9.10. The Hall–Kier alpha value is -1.09. The second kappa shape index (κ2) is 2.75. The molecule has 0 radical (unpaired) electrons. The lowest BCUT2D eigenvalue weighted by molar-refractivity contribution is 1.11. The van der Waals surface area contributed by atoms with Crippen LogP contribution in [0.4, 0.5) is 0 Å². The number of fused-ring (bicyclic) bond motifs is 1. The molecule has 2 aromatic rings. The molecular weight excluding hydrogens is 216 g/mol. The van der Waals surface area contributed by atoms with Crippen molar-refractivity contribution < 1.29 is 0 Å². The average Bonchev–Trinajstić information content (AvgIpc) is 2.46. The van der Waals surface area contributed by atoms with Crippen LogP contribution in [0.15, 0.2) is 29.3 Å². The third-order valence-electron chi connectivity index (χ3n) is 1.75. The van der Waals surface area contributed by atoms with Crippen LogP contribution < -0.4 is 0 Å². The molecule has 0 saturated heterocycles. The van der Waals surface area contributed by atoms with Crippen LogP contribution in [0.25, 0.3) is 17.0 Å². The minimum absolute atomic E-state index is 0.900. The Labute approximate surface area is 78.4 Å². The van der Waals surface area contributed by atoms with Gasteiger partial charge in [0.25, 0.3) is 0 Å². The van der Waals surface area contributed by atoms with Crippen molar-refractivity contribution in [2.24, 2.45) is 0 Å². The lowest BCUT2D eigenvalue weighted by Crippen LogP contribution is -1.69. The molecule has 0 unspecified atom stereocenters. The predicted octanol–water partition coefficient (Wildman–Crippen LogP) is 2.97. The van der Waals surface area contributed by atoms with Gasteiger partial charge in [0.2, 0.25) is 0 Å². The summed E-state index contributed by atoms with van der Waals surface area (Å²) in [5.41, 5.74) is 1.93. The summed E-state index contributed by atoms with van der Waals surface area (Å²) in [5, 5.41) is 8.12. The lowest BCUT2D eigenvalue weighted by atomic mass is 10.2. The summed E-state index contributed by atoms with van der Waals surface area (Å²) in [4.78, 5) is 0. The van der Waals surface area contributed by atoms with Gasteiger partial charge in [-0.15, -0.1) is 0 Å². The molecule has 1 N–H and O–H groups in total. The maximum absolute atomic E-state index is 4.09. The van der Waals surface area contributed by atoms with Gasteiger partial charge in [-0.3, -0.25) is 5.10 Å². The van der Waals surface area contributed by atoms with Crippen LogP contribution in [-0.4, -0.2) is 10.2 Å². The van der Waals surface area contributed by atoms with E-state index in [4.69, 9.17) is 0 Å². The van der Waals surface area contributed by atoms with E-state index in [9.17, 15) is 0 Å². The van der Waals surface area contributed by atoms with Crippen LogP contribution in [0.3, 0.4) is 0 Å². The first-order valence-electron chi connectivity index (χ1n) is 3.57. The Bertz CT molecular complexity index is 431. The third-order valence-corrected chi connectivity index (χ3v) is 2.24. The number of benzene rings is 1. The average molecular weight is 223 g/mol. The molecule has 3 heteroatoms.